The number of aromatic nitrogens is 3. The van der Waals surface area contributed by atoms with Gasteiger partial charge in [0.25, 0.3) is 0 Å². The van der Waals surface area contributed by atoms with E-state index in [1.54, 1.807) is 7.11 Å². The van der Waals surface area contributed by atoms with E-state index in [1.807, 2.05) is 0 Å². The van der Waals surface area contributed by atoms with E-state index >= 15 is 0 Å². The molecule has 0 bridgehead atoms. The summed E-state index contributed by atoms with van der Waals surface area (Å²) in [5.74, 6) is -0.299. The van der Waals surface area contributed by atoms with Gasteiger partial charge in [0.15, 0.2) is 5.69 Å². The second kappa shape index (κ2) is 6.20. The van der Waals surface area contributed by atoms with Crippen LogP contribution < -0.4 is 0 Å². The van der Waals surface area contributed by atoms with E-state index in [0.717, 1.165) is 4.68 Å². The number of aryl methyl sites for hydroxylation is 1. The van der Waals surface area contributed by atoms with Crippen molar-refractivity contribution in [3.63, 3.8) is 0 Å². The monoisotopic (exact) mass is 271 g/mol. The average Bonchev–Trinajstić information content (AvgIpc) is 2.67. The van der Waals surface area contributed by atoms with Crippen molar-refractivity contribution in [2.45, 2.75) is 31.4 Å². The molecular formula is C9H13ClF3N3O. The highest BCUT2D eigenvalue weighted by Crippen LogP contribution is 2.31. The molecule has 0 aliphatic rings. The lowest BCUT2D eigenvalue weighted by atomic mass is 10.3. The van der Waals surface area contributed by atoms with Gasteiger partial charge in [0.1, 0.15) is 5.69 Å². The van der Waals surface area contributed by atoms with E-state index < -0.39 is 11.9 Å². The Morgan fingerprint density at radius 1 is 1.35 bits per heavy atom. The van der Waals surface area contributed by atoms with E-state index in [4.69, 9.17) is 16.3 Å². The quantitative estimate of drug-likeness (QED) is 0.589. The molecule has 0 N–H and O–H groups in total. The Hall–Kier alpha value is -0.820. The number of unbranched alkanes of at least 4 members (excludes halogenated alkanes) is 1. The summed E-state index contributed by atoms with van der Waals surface area (Å²) < 4.78 is 43.8. The standard InChI is InChI=1S/C9H13ClF3N3O/c1-17-5-3-2-4-16-8(9(11,12)13)7(6-10)14-15-16/h2-6H2,1H3. The molecule has 0 aliphatic heterocycles. The molecule has 1 aromatic heterocycles. The normalized spacial score (nSPS) is 12.1. The lowest BCUT2D eigenvalue weighted by molar-refractivity contribution is -0.144. The molecule has 8 heteroatoms. The number of halogens is 4. The van der Waals surface area contributed by atoms with Crippen LogP contribution in [0.5, 0.6) is 0 Å². The molecule has 0 saturated carbocycles. The fraction of sp³-hybridized carbons (Fsp3) is 0.778. The van der Waals surface area contributed by atoms with Gasteiger partial charge >= 0.3 is 6.18 Å². The third kappa shape index (κ3) is 3.85. The average molecular weight is 272 g/mol. The number of alkyl halides is 4. The van der Waals surface area contributed by atoms with E-state index in [0.29, 0.717) is 19.4 Å². The maximum atomic E-state index is 12.7. The number of rotatable bonds is 6. The minimum absolute atomic E-state index is 0.155. The highest BCUT2D eigenvalue weighted by Gasteiger charge is 2.38. The van der Waals surface area contributed by atoms with Gasteiger partial charge in [0, 0.05) is 20.3 Å². The maximum absolute atomic E-state index is 12.7. The molecule has 98 valence electrons. The smallest absolute Gasteiger partial charge is 0.385 e. The molecule has 1 heterocycles. The molecule has 0 saturated heterocycles. The van der Waals surface area contributed by atoms with Crippen molar-refractivity contribution in [1.82, 2.24) is 15.0 Å². The molecule has 1 rings (SSSR count). The van der Waals surface area contributed by atoms with E-state index in [-0.39, 0.29) is 18.1 Å². The van der Waals surface area contributed by atoms with Crippen LogP contribution in [0.3, 0.4) is 0 Å². The number of methoxy groups -OCH3 is 1. The molecule has 0 aliphatic carbocycles. The first-order valence-corrected chi connectivity index (χ1v) is 5.58. The Morgan fingerprint density at radius 3 is 2.59 bits per heavy atom. The van der Waals surface area contributed by atoms with Crippen molar-refractivity contribution in [2.24, 2.45) is 0 Å². The largest absolute Gasteiger partial charge is 0.434 e. The lowest BCUT2D eigenvalue weighted by Crippen LogP contribution is -2.16. The van der Waals surface area contributed by atoms with Crippen LogP contribution in [0.15, 0.2) is 0 Å². The van der Waals surface area contributed by atoms with E-state index in [1.165, 1.54) is 0 Å². The molecule has 0 fully saturated rings. The summed E-state index contributed by atoms with van der Waals surface area (Å²) in [6, 6.07) is 0. The Labute approximate surface area is 102 Å². The van der Waals surface area contributed by atoms with Gasteiger partial charge in [-0.25, -0.2) is 4.68 Å². The number of ether oxygens (including phenoxy) is 1. The fourth-order valence-electron chi connectivity index (χ4n) is 1.41. The minimum atomic E-state index is -4.48. The predicted octanol–water partition coefficient (Wildman–Crippen LogP) is 2.46. The van der Waals surface area contributed by atoms with Crippen LogP contribution in [0.4, 0.5) is 13.2 Å². The maximum Gasteiger partial charge on any atom is 0.434 e. The van der Waals surface area contributed by atoms with Crippen LogP contribution in [0, 0.1) is 0 Å². The summed E-state index contributed by atoms with van der Waals surface area (Å²) in [6.45, 7) is 0.667. The predicted molar refractivity (Wildman–Crippen MR) is 55.7 cm³/mol. The molecule has 1 aromatic rings. The molecule has 0 radical (unpaired) electrons. The van der Waals surface area contributed by atoms with Gasteiger partial charge in [0.05, 0.1) is 5.88 Å². The highest BCUT2D eigenvalue weighted by atomic mass is 35.5. The van der Waals surface area contributed by atoms with Crippen LogP contribution >= 0.6 is 11.6 Å². The lowest BCUT2D eigenvalue weighted by Gasteiger charge is -2.10. The van der Waals surface area contributed by atoms with Crippen molar-refractivity contribution < 1.29 is 17.9 Å². The van der Waals surface area contributed by atoms with Crippen LogP contribution in [0.1, 0.15) is 24.2 Å². The van der Waals surface area contributed by atoms with Crippen LogP contribution in [-0.4, -0.2) is 28.7 Å². The number of hydrogen-bond acceptors (Lipinski definition) is 3. The SMILES string of the molecule is COCCCCn1nnc(CCl)c1C(F)(F)F. The van der Waals surface area contributed by atoms with Crippen molar-refractivity contribution in [3.8, 4) is 0 Å². The number of hydrogen-bond donors (Lipinski definition) is 0. The van der Waals surface area contributed by atoms with Crippen LogP contribution in [0.25, 0.3) is 0 Å². The van der Waals surface area contributed by atoms with Crippen LogP contribution in [0.2, 0.25) is 0 Å². The highest BCUT2D eigenvalue weighted by molar-refractivity contribution is 6.16. The topological polar surface area (TPSA) is 39.9 Å². The first kappa shape index (κ1) is 14.2. The summed E-state index contributed by atoms with van der Waals surface area (Å²) in [7, 11) is 1.54. The summed E-state index contributed by atoms with van der Waals surface area (Å²) in [5.41, 5.74) is -1.09. The zero-order chi connectivity index (χ0) is 12.9. The molecule has 0 aromatic carbocycles. The van der Waals surface area contributed by atoms with Gasteiger partial charge in [-0.05, 0) is 12.8 Å². The zero-order valence-electron chi connectivity index (χ0n) is 9.30. The first-order chi connectivity index (χ1) is 8.00. The molecule has 17 heavy (non-hydrogen) atoms. The fourth-order valence-corrected chi connectivity index (χ4v) is 1.59. The van der Waals surface area contributed by atoms with Gasteiger partial charge in [-0.2, -0.15) is 13.2 Å². The Balaban J connectivity index is 2.75. The van der Waals surface area contributed by atoms with E-state index in [2.05, 4.69) is 10.3 Å². The molecule has 0 atom stereocenters. The van der Waals surface area contributed by atoms with Gasteiger partial charge in [-0.1, -0.05) is 5.21 Å². The molecule has 0 spiro atoms. The molecule has 0 unspecified atom stereocenters. The van der Waals surface area contributed by atoms with Crippen molar-refractivity contribution in [3.05, 3.63) is 11.4 Å². The van der Waals surface area contributed by atoms with Crippen molar-refractivity contribution in [2.75, 3.05) is 13.7 Å². The van der Waals surface area contributed by atoms with Gasteiger partial charge in [-0.3, -0.25) is 0 Å². The summed E-state index contributed by atoms with van der Waals surface area (Å²) in [6.07, 6.45) is -3.26. The molecular weight excluding hydrogens is 259 g/mol. The summed E-state index contributed by atoms with van der Waals surface area (Å²) in [5, 5.41) is 6.90. The Kier molecular flexibility index (Phi) is 5.20. The van der Waals surface area contributed by atoms with E-state index in [9.17, 15) is 13.2 Å². The van der Waals surface area contributed by atoms with Gasteiger partial charge in [0.2, 0.25) is 0 Å². The third-order valence-electron chi connectivity index (χ3n) is 2.17. The van der Waals surface area contributed by atoms with Crippen molar-refractivity contribution >= 4 is 11.6 Å². The Bertz CT molecular complexity index is 354. The van der Waals surface area contributed by atoms with Gasteiger partial charge < -0.3 is 4.74 Å². The van der Waals surface area contributed by atoms with Crippen LogP contribution in [-0.2, 0) is 23.3 Å². The van der Waals surface area contributed by atoms with Gasteiger partial charge in [-0.15, -0.1) is 16.7 Å². The number of nitrogens with zero attached hydrogens (tertiary/aromatic N) is 3. The Morgan fingerprint density at radius 2 is 2.06 bits per heavy atom. The first-order valence-electron chi connectivity index (χ1n) is 5.05. The summed E-state index contributed by atoms with van der Waals surface area (Å²) >= 11 is 5.40. The molecule has 4 nitrogen and oxygen atoms in total. The summed E-state index contributed by atoms with van der Waals surface area (Å²) in [4.78, 5) is 0. The molecule has 0 amide bonds. The zero-order valence-corrected chi connectivity index (χ0v) is 10.1. The minimum Gasteiger partial charge on any atom is -0.385 e. The second-order valence-corrected chi connectivity index (χ2v) is 3.71. The second-order valence-electron chi connectivity index (χ2n) is 3.44. The van der Waals surface area contributed by atoms with Crippen molar-refractivity contribution in [1.29, 1.82) is 0 Å². The third-order valence-corrected chi connectivity index (χ3v) is 2.42.